The second-order valence-electron chi connectivity index (χ2n) is 7.41. The van der Waals surface area contributed by atoms with Gasteiger partial charge in [-0.2, -0.15) is 5.26 Å². The van der Waals surface area contributed by atoms with Crippen LogP contribution in [-0.4, -0.2) is 21.6 Å². The van der Waals surface area contributed by atoms with E-state index in [1.165, 1.54) is 0 Å². The van der Waals surface area contributed by atoms with Crippen LogP contribution in [-0.2, 0) is 4.79 Å². The van der Waals surface area contributed by atoms with Crippen molar-refractivity contribution >= 4 is 23.6 Å². The van der Waals surface area contributed by atoms with Crippen molar-refractivity contribution in [1.82, 2.24) is 4.57 Å². The number of aryl methyl sites for hydroxylation is 3. The van der Waals surface area contributed by atoms with Gasteiger partial charge in [-0.05, 0) is 80.8 Å². The summed E-state index contributed by atoms with van der Waals surface area (Å²) in [4.78, 5) is 23.9. The topological polar surface area (TPSA) is 95.1 Å². The summed E-state index contributed by atoms with van der Waals surface area (Å²) in [5, 5.41) is 21.6. The molecule has 0 aliphatic heterocycles. The second kappa shape index (κ2) is 8.72. The zero-order chi connectivity index (χ0) is 22.7. The Morgan fingerprint density at radius 3 is 2.35 bits per heavy atom. The number of amides is 1. The van der Waals surface area contributed by atoms with Gasteiger partial charge in [0.05, 0.1) is 5.56 Å². The van der Waals surface area contributed by atoms with Gasteiger partial charge in [-0.25, -0.2) is 4.79 Å². The van der Waals surface area contributed by atoms with Crippen LogP contribution < -0.4 is 5.32 Å². The summed E-state index contributed by atoms with van der Waals surface area (Å²) < 4.78 is 1.99. The van der Waals surface area contributed by atoms with E-state index in [4.69, 9.17) is 0 Å². The fraction of sp³-hybridized carbons (Fsp3) is 0.160. The zero-order valence-electron chi connectivity index (χ0n) is 17.9. The van der Waals surface area contributed by atoms with Crippen LogP contribution >= 0.6 is 0 Å². The van der Waals surface area contributed by atoms with Gasteiger partial charge in [0, 0.05) is 22.8 Å². The first-order chi connectivity index (χ1) is 14.7. The van der Waals surface area contributed by atoms with Gasteiger partial charge in [-0.15, -0.1) is 0 Å². The van der Waals surface area contributed by atoms with Crippen LogP contribution in [0.4, 0.5) is 5.69 Å². The molecule has 2 aromatic carbocycles. The highest BCUT2D eigenvalue weighted by Gasteiger charge is 2.16. The lowest BCUT2D eigenvalue weighted by Gasteiger charge is -2.13. The zero-order valence-corrected chi connectivity index (χ0v) is 17.9. The minimum absolute atomic E-state index is 0.00134. The minimum atomic E-state index is -0.974. The first-order valence-electron chi connectivity index (χ1n) is 9.75. The molecule has 1 aromatic heterocycles. The van der Waals surface area contributed by atoms with Gasteiger partial charge >= 0.3 is 5.97 Å². The van der Waals surface area contributed by atoms with Gasteiger partial charge in [0.25, 0.3) is 5.91 Å². The van der Waals surface area contributed by atoms with Gasteiger partial charge in [-0.3, -0.25) is 4.79 Å². The van der Waals surface area contributed by atoms with Crippen molar-refractivity contribution in [3.05, 3.63) is 87.7 Å². The molecule has 0 aliphatic carbocycles. The number of nitrogens with zero attached hydrogens (tertiary/aromatic N) is 2. The molecule has 0 radical (unpaired) electrons. The first kappa shape index (κ1) is 21.6. The third-order valence-electron chi connectivity index (χ3n) is 5.21. The van der Waals surface area contributed by atoms with Crippen LogP contribution in [0.25, 0.3) is 11.8 Å². The summed E-state index contributed by atoms with van der Waals surface area (Å²) in [5.41, 5.74) is 5.96. The number of carbonyl (C=O) groups excluding carboxylic acids is 1. The largest absolute Gasteiger partial charge is 0.478 e. The number of hydrogen-bond donors (Lipinski definition) is 2. The molecule has 0 bridgehead atoms. The van der Waals surface area contributed by atoms with Crippen molar-refractivity contribution in [1.29, 1.82) is 5.26 Å². The summed E-state index contributed by atoms with van der Waals surface area (Å²) in [7, 11) is 0. The highest BCUT2D eigenvalue weighted by Crippen LogP contribution is 2.26. The molecular weight excluding hydrogens is 390 g/mol. The molecule has 0 unspecified atom stereocenters. The molecule has 0 spiro atoms. The molecule has 156 valence electrons. The van der Waals surface area contributed by atoms with Gasteiger partial charge < -0.3 is 15.0 Å². The van der Waals surface area contributed by atoms with E-state index in [2.05, 4.69) is 5.32 Å². The van der Waals surface area contributed by atoms with Crippen LogP contribution in [0, 0.1) is 39.0 Å². The number of aromatic carboxylic acids is 1. The summed E-state index contributed by atoms with van der Waals surface area (Å²) in [6.45, 7) is 7.56. The van der Waals surface area contributed by atoms with Crippen molar-refractivity contribution < 1.29 is 14.7 Å². The van der Waals surface area contributed by atoms with Crippen molar-refractivity contribution in [2.75, 3.05) is 5.32 Å². The van der Waals surface area contributed by atoms with Crippen LogP contribution in [0.1, 0.15) is 38.4 Å². The van der Waals surface area contributed by atoms with Gasteiger partial charge in [0.1, 0.15) is 11.6 Å². The van der Waals surface area contributed by atoms with Gasteiger partial charge in [0.2, 0.25) is 0 Å². The fourth-order valence-electron chi connectivity index (χ4n) is 3.55. The van der Waals surface area contributed by atoms with Crippen LogP contribution in [0.3, 0.4) is 0 Å². The molecule has 0 atom stereocenters. The maximum atomic E-state index is 12.7. The van der Waals surface area contributed by atoms with Crippen LogP contribution in [0.2, 0.25) is 0 Å². The number of nitrogens with one attached hydrogen (secondary N) is 1. The Morgan fingerprint density at radius 1 is 1.03 bits per heavy atom. The van der Waals surface area contributed by atoms with Crippen molar-refractivity contribution in [3.8, 4) is 11.8 Å². The maximum absolute atomic E-state index is 12.7. The molecule has 3 rings (SSSR count). The average Bonchev–Trinajstić information content (AvgIpc) is 3.00. The number of rotatable bonds is 5. The number of carbonyl (C=O) groups is 2. The lowest BCUT2D eigenvalue weighted by Crippen LogP contribution is -2.14. The van der Waals surface area contributed by atoms with E-state index in [9.17, 15) is 20.0 Å². The van der Waals surface area contributed by atoms with E-state index >= 15 is 0 Å². The number of anilines is 1. The Balaban J connectivity index is 1.98. The van der Waals surface area contributed by atoms with E-state index in [1.807, 2.05) is 62.6 Å². The number of para-hydroxylation sites is 1. The van der Waals surface area contributed by atoms with Gasteiger partial charge in [0.15, 0.2) is 0 Å². The number of aromatic nitrogens is 1. The van der Waals surface area contributed by atoms with E-state index in [1.54, 1.807) is 30.3 Å². The standard InChI is InChI=1S/C25H23N3O3/c1-15-7-5-6-8-22(15)27-24(29)21(14-26)13-20-12-17(3)28(18(20)4)23-10-9-19(25(30)31)11-16(23)2/h5-13H,1-4H3,(H,27,29)(H,30,31). The molecule has 2 N–H and O–H groups in total. The molecular formula is C25H23N3O3. The third-order valence-corrected chi connectivity index (χ3v) is 5.21. The smallest absolute Gasteiger partial charge is 0.335 e. The Kier molecular flexibility index (Phi) is 6.07. The molecule has 0 saturated carbocycles. The van der Waals surface area contributed by atoms with Gasteiger partial charge in [-0.1, -0.05) is 18.2 Å². The quantitative estimate of drug-likeness (QED) is 0.457. The van der Waals surface area contributed by atoms with Crippen molar-refractivity contribution in [2.24, 2.45) is 0 Å². The molecule has 1 heterocycles. The molecule has 0 aliphatic rings. The van der Waals surface area contributed by atoms with Crippen molar-refractivity contribution in [3.63, 3.8) is 0 Å². The Hall–Kier alpha value is -4.11. The molecule has 6 heteroatoms. The predicted molar refractivity (Wildman–Crippen MR) is 120 cm³/mol. The van der Waals surface area contributed by atoms with Crippen LogP contribution in [0.15, 0.2) is 54.1 Å². The molecule has 0 saturated heterocycles. The Morgan fingerprint density at radius 2 is 1.74 bits per heavy atom. The Labute approximate surface area is 181 Å². The maximum Gasteiger partial charge on any atom is 0.335 e. The number of carboxylic acids is 1. The first-order valence-corrected chi connectivity index (χ1v) is 9.75. The molecule has 31 heavy (non-hydrogen) atoms. The lowest BCUT2D eigenvalue weighted by molar-refractivity contribution is -0.112. The second-order valence-corrected chi connectivity index (χ2v) is 7.41. The van der Waals surface area contributed by atoms with Crippen molar-refractivity contribution in [2.45, 2.75) is 27.7 Å². The monoisotopic (exact) mass is 413 g/mol. The number of benzene rings is 2. The summed E-state index contributed by atoms with van der Waals surface area (Å²) in [6.07, 6.45) is 1.58. The SMILES string of the molecule is Cc1ccccc1NC(=O)C(C#N)=Cc1cc(C)n(-c2ccc(C(=O)O)cc2C)c1C. The van der Waals surface area contributed by atoms with E-state index in [0.29, 0.717) is 5.69 Å². The highest BCUT2D eigenvalue weighted by atomic mass is 16.4. The third kappa shape index (κ3) is 4.41. The van der Waals surface area contributed by atoms with Crippen LogP contribution in [0.5, 0.6) is 0 Å². The summed E-state index contributed by atoms with van der Waals surface area (Å²) >= 11 is 0. The van der Waals surface area contributed by atoms with E-state index in [-0.39, 0.29) is 11.1 Å². The summed E-state index contributed by atoms with van der Waals surface area (Å²) in [6, 6.07) is 16.2. The molecule has 3 aromatic rings. The minimum Gasteiger partial charge on any atom is -0.478 e. The number of carboxylic acid groups (broad SMARTS) is 1. The Bertz CT molecular complexity index is 1260. The normalized spacial score (nSPS) is 11.1. The highest BCUT2D eigenvalue weighted by molar-refractivity contribution is 6.10. The van der Waals surface area contributed by atoms with E-state index < -0.39 is 11.9 Å². The lowest BCUT2D eigenvalue weighted by atomic mass is 10.1. The molecule has 0 fully saturated rings. The molecule has 6 nitrogen and oxygen atoms in total. The predicted octanol–water partition coefficient (Wildman–Crippen LogP) is 4.95. The average molecular weight is 413 g/mol. The van der Waals surface area contributed by atoms with E-state index in [0.717, 1.165) is 33.8 Å². The summed E-state index contributed by atoms with van der Waals surface area (Å²) in [5.74, 6) is -1.44. The number of nitriles is 1. The number of hydrogen-bond acceptors (Lipinski definition) is 3. The molecule has 1 amide bonds. The fourth-order valence-corrected chi connectivity index (χ4v) is 3.55.